The van der Waals surface area contributed by atoms with E-state index in [1.165, 1.54) is 23.4 Å². The number of thioether (sulfide) groups is 1. The van der Waals surface area contributed by atoms with Crippen molar-refractivity contribution in [3.8, 4) is 0 Å². The van der Waals surface area contributed by atoms with E-state index in [4.69, 9.17) is 11.6 Å². The molecule has 6 nitrogen and oxygen atoms in total. The molecule has 0 bridgehead atoms. The van der Waals surface area contributed by atoms with Gasteiger partial charge in [0.2, 0.25) is 0 Å². The summed E-state index contributed by atoms with van der Waals surface area (Å²) < 4.78 is 4.36. The van der Waals surface area contributed by atoms with Crippen LogP contribution in [0.4, 0.5) is 0 Å². The van der Waals surface area contributed by atoms with Crippen LogP contribution in [0.2, 0.25) is 5.02 Å². The second-order valence-corrected chi connectivity index (χ2v) is 7.61. The van der Waals surface area contributed by atoms with Crippen LogP contribution in [0.3, 0.4) is 0 Å². The van der Waals surface area contributed by atoms with Crippen LogP contribution in [0.25, 0.3) is 11.2 Å². The lowest BCUT2D eigenvalue weighted by molar-refractivity contribution is 0.696. The van der Waals surface area contributed by atoms with Crippen LogP contribution in [0.5, 0.6) is 0 Å². The molecule has 136 valence electrons. The van der Waals surface area contributed by atoms with Gasteiger partial charge in [-0.15, -0.1) is 0 Å². The van der Waals surface area contributed by atoms with Gasteiger partial charge in [0.1, 0.15) is 0 Å². The van der Waals surface area contributed by atoms with Gasteiger partial charge in [0.15, 0.2) is 16.3 Å². The number of aromatic nitrogens is 4. The van der Waals surface area contributed by atoms with Crippen molar-refractivity contribution in [3.05, 3.63) is 67.8 Å². The maximum absolute atomic E-state index is 12.8. The van der Waals surface area contributed by atoms with Gasteiger partial charge in [0.25, 0.3) is 5.56 Å². The van der Waals surface area contributed by atoms with Gasteiger partial charge >= 0.3 is 5.69 Å². The highest BCUT2D eigenvalue weighted by atomic mass is 35.5. The molecule has 0 saturated heterocycles. The lowest BCUT2D eigenvalue weighted by Crippen LogP contribution is -2.37. The maximum atomic E-state index is 12.8. The first-order chi connectivity index (χ1) is 12.3. The van der Waals surface area contributed by atoms with E-state index in [1.54, 1.807) is 7.05 Å². The maximum Gasteiger partial charge on any atom is 0.332 e. The zero-order chi connectivity index (χ0) is 19.0. The molecule has 0 aliphatic heterocycles. The van der Waals surface area contributed by atoms with Crippen molar-refractivity contribution in [2.45, 2.75) is 18.6 Å². The molecule has 0 fully saturated rings. The van der Waals surface area contributed by atoms with E-state index in [9.17, 15) is 9.59 Å². The smallest absolute Gasteiger partial charge is 0.309 e. The van der Waals surface area contributed by atoms with Gasteiger partial charge in [-0.2, -0.15) is 0 Å². The van der Waals surface area contributed by atoms with Crippen molar-refractivity contribution in [1.82, 2.24) is 18.7 Å². The fourth-order valence-electron chi connectivity index (χ4n) is 2.64. The van der Waals surface area contributed by atoms with Crippen LogP contribution < -0.4 is 11.2 Å². The summed E-state index contributed by atoms with van der Waals surface area (Å²) >= 11 is 7.46. The first-order valence-corrected chi connectivity index (χ1v) is 9.34. The second-order valence-electron chi connectivity index (χ2n) is 6.23. The predicted octanol–water partition coefficient (Wildman–Crippen LogP) is 2.80. The Kier molecular flexibility index (Phi) is 5.11. The van der Waals surface area contributed by atoms with E-state index in [1.807, 2.05) is 35.8 Å². The van der Waals surface area contributed by atoms with Gasteiger partial charge < -0.3 is 4.57 Å². The summed E-state index contributed by atoms with van der Waals surface area (Å²) in [4.78, 5) is 29.6. The first kappa shape index (κ1) is 18.5. The molecule has 2 heterocycles. The summed E-state index contributed by atoms with van der Waals surface area (Å²) in [6.45, 7) is 6.31. The van der Waals surface area contributed by atoms with Gasteiger partial charge in [-0.05, 0) is 24.6 Å². The monoisotopic (exact) mass is 390 g/mol. The standard InChI is InChI=1S/C18H19ClN4O2S/c1-11(2)10-26-17-20-15-14(16(24)22(4)18(25)21(15)3)23(17)9-12-5-7-13(19)8-6-12/h5-8H,1,9-10H2,2-4H3. The lowest BCUT2D eigenvalue weighted by Gasteiger charge is -2.10. The molecule has 2 aromatic heterocycles. The molecule has 3 aromatic rings. The Morgan fingerprint density at radius 1 is 1.19 bits per heavy atom. The summed E-state index contributed by atoms with van der Waals surface area (Å²) in [5.74, 6) is 0.679. The minimum Gasteiger partial charge on any atom is -0.309 e. The van der Waals surface area contributed by atoms with Crippen LogP contribution >= 0.6 is 23.4 Å². The normalized spacial score (nSPS) is 11.2. The van der Waals surface area contributed by atoms with Crippen molar-refractivity contribution in [1.29, 1.82) is 0 Å². The highest BCUT2D eigenvalue weighted by Gasteiger charge is 2.19. The Bertz CT molecular complexity index is 1110. The number of imidazole rings is 1. The summed E-state index contributed by atoms with van der Waals surface area (Å²) in [7, 11) is 3.10. The van der Waals surface area contributed by atoms with Crippen molar-refractivity contribution in [2.24, 2.45) is 14.1 Å². The molecular weight excluding hydrogens is 372 g/mol. The Morgan fingerprint density at radius 3 is 2.46 bits per heavy atom. The first-order valence-electron chi connectivity index (χ1n) is 7.97. The van der Waals surface area contributed by atoms with Gasteiger partial charge in [-0.3, -0.25) is 13.9 Å². The lowest BCUT2D eigenvalue weighted by atomic mass is 10.2. The molecule has 0 amide bonds. The zero-order valence-corrected chi connectivity index (χ0v) is 16.4. The summed E-state index contributed by atoms with van der Waals surface area (Å²) in [6.07, 6.45) is 0. The zero-order valence-electron chi connectivity index (χ0n) is 14.8. The minimum absolute atomic E-state index is 0.355. The molecule has 0 unspecified atom stereocenters. The Labute approximate surface area is 159 Å². The van der Waals surface area contributed by atoms with E-state index in [-0.39, 0.29) is 5.56 Å². The highest BCUT2D eigenvalue weighted by molar-refractivity contribution is 7.99. The molecule has 3 rings (SSSR count). The van der Waals surface area contributed by atoms with Crippen LogP contribution in [-0.2, 0) is 20.6 Å². The summed E-state index contributed by atoms with van der Waals surface area (Å²) in [6, 6.07) is 7.44. The third-order valence-electron chi connectivity index (χ3n) is 4.01. The van der Waals surface area contributed by atoms with Gasteiger partial charge in [0.05, 0.1) is 6.54 Å². The number of nitrogens with zero attached hydrogens (tertiary/aromatic N) is 4. The molecule has 0 spiro atoms. The van der Waals surface area contributed by atoms with Crippen LogP contribution in [0.1, 0.15) is 12.5 Å². The summed E-state index contributed by atoms with van der Waals surface area (Å²) in [5.41, 5.74) is 2.04. The largest absolute Gasteiger partial charge is 0.332 e. The molecule has 0 aliphatic rings. The Hall–Kier alpha value is -2.25. The third-order valence-corrected chi connectivity index (χ3v) is 5.47. The SMILES string of the molecule is C=C(C)CSc1nc2c(c(=O)n(C)c(=O)n2C)n1Cc1ccc(Cl)cc1. The molecule has 0 N–H and O–H groups in total. The molecule has 1 aromatic carbocycles. The van der Waals surface area contributed by atoms with Gasteiger partial charge in [0, 0.05) is 24.9 Å². The molecule has 0 aliphatic carbocycles. The second kappa shape index (κ2) is 7.17. The molecule has 26 heavy (non-hydrogen) atoms. The Morgan fingerprint density at radius 2 is 1.85 bits per heavy atom. The van der Waals surface area contributed by atoms with Crippen LogP contribution in [-0.4, -0.2) is 24.4 Å². The van der Waals surface area contributed by atoms with Crippen molar-refractivity contribution < 1.29 is 0 Å². The number of hydrogen-bond donors (Lipinski definition) is 0. The van der Waals surface area contributed by atoms with Gasteiger partial charge in [-0.1, -0.05) is 47.6 Å². The average molecular weight is 391 g/mol. The van der Waals surface area contributed by atoms with Crippen molar-refractivity contribution in [3.63, 3.8) is 0 Å². The minimum atomic E-state index is -0.393. The number of fused-ring (bicyclic) bond motifs is 1. The highest BCUT2D eigenvalue weighted by Crippen LogP contribution is 2.24. The van der Waals surface area contributed by atoms with E-state index in [0.717, 1.165) is 15.7 Å². The van der Waals surface area contributed by atoms with E-state index in [2.05, 4.69) is 11.6 Å². The molecule has 0 saturated carbocycles. The van der Waals surface area contributed by atoms with E-state index < -0.39 is 5.69 Å². The number of benzene rings is 1. The quantitative estimate of drug-likeness (QED) is 0.496. The fourth-order valence-corrected chi connectivity index (χ4v) is 3.61. The van der Waals surface area contributed by atoms with Crippen LogP contribution in [0, 0.1) is 0 Å². The van der Waals surface area contributed by atoms with Crippen LogP contribution in [0.15, 0.2) is 51.2 Å². The molecule has 8 heteroatoms. The van der Waals surface area contributed by atoms with Crippen molar-refractivity contribution >= 4 is 34.5 Å². The third kappa shape index (κ3) is 3.37. The number of aryl methyl sites for hydroxylation is 1. The predicted molar refractivity (Wildman–Crippen MR) is 106 cm³/mol. The van der Waals surface area contributed by atoms with E-state index in [0.29, 0.717) is 33.6 Å². The fraction of sp³-hybridized carbons (Fsp3) is 0.278. The van der Waals surface area contributed by atoms with Gasteiger partial charge in [-0.25, -0.2) is 9.78 Å². The molecular formula is C18H19ClN4O2S. The Balaban J connectivity index is 2.23. The molecule has 0 radical (unpaired) electrons. The average Bonchev–Trinajstić information content (AvgIpc) is 2.96. The summed E-state index contributed by atoms with van der Waals surface area (Å²) in [5, 5.41) is 1.33. The number of halogens is 1. The van der Waals surface area contributed by atoms with Crippen molar-refractivity contribution in [2.75, 3.05) is 5.75 Å². The van der Waals surface area contributed by atoms with E-state index >= 15 is 0 Å². The number of hydrogen-bond acceptors (Lipinski definition) is 4. The number of rotatable bonds is 5. The topological polar surface area (TPSA) is 61.8 Å². The molecule has 0 atom stereocenters.